The SMILES string of the molecule is CC(=O)c1c(C2CCN(C(=O)c3cccc(=O)[nH]3)CC2)nc2c(-c3ccc(-c4ccccc4)nc3)cnn2c1N. The van der Waals surface area contributed by atoms with E-state index in [1.807, 2.05) is 42.5 Å². The summed E-state index contributed by atoms with van der Waals surface area (Å²) >= 11 is 0. The van der Waals surface area contributed by atoms with Crippen LogP contribution in [0.1, 0.15) is 52.2 Å². The van der Waals surface area contributed by atoms with Gasteiger partial charge in [-0.15, -0.1) is 0 Å². The molecule has 0 atom stereocenters. The number of benzene rings is 1. The number of likely N-dealkylation sites (tertiary alicyclic amines) is 1. The van der Waals surface area contributed by atoms with Crippen LogP contribution >= 0.6 is 0 Å². The third kappa shape index (κ3) is 4.53. The molecule has 4 aromatic heterocycles. The van der Waals surface area contributed by atoms with Gasteiger partial charge < -0.3 is 15.6 Å². The molecular formula is C30H27N7O3. The lowest BCUT2D eigenvalue weighted by Crippen LogP contribution is -2.39. The first-order valence-corrected chi connectivity index (χ1v) is 13.1. The summed E-state index contributed by atoms with van der Waals surface area (Å²) < 4.78 is 1.51. The number of carbonyl (C=O) groups is 2. The van der Waals surface area contributed by atoms with Gasteiger partial charge in [-0.1, -0.05) is 42.5 Å². The molecule has 1 aliphatic rings. The average Bonchev–Trinajstić information content (AvgIpc) is 3.41. The van der Waals surface area contributed by atoms with Crippen molar-refractivity contribution in [1.29, 1.82) is 0 Å². The zero-order chi connectivity index (χ0) is 27.8. The number of aromatic nitrogens is 5. The Morgan fingerprint density at radius 2 is 1.73 bits per heavy atom. The second-order valence-corrected chi connectivity index (χ2v) is 9.90. The van der Waals surface area contributed by atoms with Crippen LogP contribution in [0.5, 0.6) is 0 Å². The number of fused-ring (bicyclic) bond motifs is 1. The van der Waals surface area contributed by atoms with Crippen molar-refractivity contribution in [2.45, 2.75) is 25.7 Å². The molecule has 5 heterocycles. The fourth-order valence-electron chi connectivity index (χ4n) is 5.32. The quantitative estimate of drug-likeness (QED) is 0.326. The summed E-state index contributed by atoms with van der Waals surface area (Å²) in [5.41, 5.74) is 11.4. The van der Waals surface area contributed by atoms with Crippen LogP contribution < -0.4 is 11.3 Å². The second-order valence-electron chi connectivity index (χ2n) is 9.90. The van der Waals surface area contributed by atoms with E-state index in [-0.39, 0.29) is 34.7 Å². The van der Waals surface area contributed by atoms with Crippen LogP contribution in [0.15, 0.2) is 77.9 Å². The topological polar surface area (TPSA) is 139 Å². The van der Waals surface area contributed by atoms with Crippen molar-refractivity contribution >= 4 is 23.2 Å². The summed E-state index contributed by atoms with van der Waals surface area (Å²) in [6.07, 6.45) is 4.67. The molecule has 10 nitrogen and oxygen atoms in total. The molecule has 0 saturated carbocycles. The number of hydrogen-bond acceptors (Lipinski definition) is 7. The molecule has 6 rings (SSSR count). The number of pyridine rings is 2. The molecule has 0 aliphatic carbocycles. The number of ketones is 1. The van der Waals surface area contributed by atoms with Crippen LogP contribution in [-0.4, -0.2) is 54.2 Å². The van der Waals surface area contributed by atoms with E-state index in [1.54, 1.807) is 29.4 Å². The van der Waals surface area contributed by atoms with Crippen molar-refractivity contribution in [1.82, 2.24) is 29.5 Å². The van der Waals surface area contributed by atoms with Crippen LogP contribution in [0, 0.1) is 0 Å². The van der Waals surface area contributed by atoms with Gasteiger partial charge in [0.15, 0.2) is 11.4 Å². The highest BCUT2D eigenvalue weighted by atomic mass is 16.2. The summed E-state index contributed by atoms with van der Waals surface area (Å²) in [5, 5.41) is 4.45. The van der Waals surface area contributed by atoms with Crippen LogP contribution in [0.25, 0.3) is 28.0 Å². The number of hydrogen-bond donors (Lipinski definition) is 2. The minimum absolute atomic E-state index is 0.0774. The van der Waals surface area contributed by atoms with E-state index in [0.717, 1.165) is 22.4 Å². The van der Waals surface area contributed by atoms with Gasteiger partial charge in [0.05, 0.1) is 23.1 Å². The van der Waals surface area contributed by atoms with Gasteiger partial charge >= 0.3 is 0 Å². The van der Waals surface area contributed by atoms with Gasteiger partial charge in [0.2, 0.25) is 5.56 Å². The summed E-state index contributed by atoms with van der Waals surface area (Å²) in [6.45, 7) is 2.40. The summed E-state index contributed by atoms with van der Waals surface area (Å²) in [5.74, 6) is -0.247. The summed E-state index contributed by atoms with van der Waals surface area (Å²) in [7, 11) is 0. The molecule has 1 aliphatic heterocycles. The molecule has 0 radical (unpaired) electrons. The summed E-state index contributed by atoms with van der Waals surface area (Å²) in [6, 6.07) is 18.4. The van der Waals surface area contributed by atoms with Gasteiger partial charge in [-0.3, -0.25) is 19.4 Å². The van der Waals surface area contributed by atoms with E-state index in [0.29, 0.717) is 42.8 Å². The van der Waals surface area contributed by atoms with Crippen LogP contribution in [-0.2, 0) is 0 Å². The lowest BCUT2D eigenvalue weighted by Gasteiger charge is -2.32. The highest BCUT2D eigenvalue weighted by Gasteiger charge is 2.30. The standard InChI is InChI=1S/C30H27N7O3/c1-18(38)26-27(20-12-14-36(15-13-20)30(40)24-8-5-9-25(39)34-24)35-29-22(17-33-37(29)28(26)31)21-10-11-23(32-16-21)19-6-3-2-4-7-19/h2-11,16-17,20H,12-15,31H2,1H3,(H,34,39). The molecule has 1 amide bonds. The molecule has 0 spiro atoms. The Morgan fingerprint density at radius 3 is 2.40 bits per heavy atom. The zero-order valence-electron chi connectivity index (χ0n) is 21.9. The number of aromatic amines is 1. The molecule has 1 fully saturated rings. The van der Waals surface area contributed by atoms with Gasteiger partial charge in [-0.05, 0) is 31.9 Å². The zero-order valence-corrected chi connectivity index (χ0v) is 21.9. The van der Waals surface area contributed by atoms with E-state index >= 15 is 0 Å². The van der Waals surface area contributed by atoms with Crippen molar-refractivity contribution in [3.8, 4) is 22.4 Å². The highest BCUT2D eigenvalue weighted by molar-refractivity contribution is 6.00. The maximum Gasteiger partial charge on any atom is 0.270 e. The molecular weight excluding hydrogens is 506 g/mol. The molecule has 3 N–H and O–H groups in total. The lowest BCUT2D eigenvalue weighted by atomic mass is 9.89. The van der Waals surface area contributed by atoms with Crippen LogP contribution in [0.3, 0.4) is 0 Å². The Bertz CT molecular complexity index is 1780. The number of H-pyrrole nitrogens is 1. The van der Waals surface area contributed by atoms with Gasteiger partial charge in [0.25, 0.3) is 5.91 Å². The van der Waals surface area contributed by atoms with Crippen LogP contribution in [0.4, 0.5) is 5.82 Å². The Kier molecular flexibility index (Phi) is 6.43. The van der Waals surface area contributed by atoms with E-state index in [2.05, 4.69) is 15.1 Å². The Hall–Kier alpha value is -5.12. The third-order valence-electron chi connectivity index (χ3n) is 7.37. The predicted molar refractivity (Wildman–Crippen MR) is 151 cm³/mol. The first kappa shape index (κ1) is 25.2. The van der Waals surface area contributed by atoms with Crippen molar-refractivity contribution in [2.75, 3.05) is 18.8 Å². The third-order valence-corrected chi connectivity index (χ3v) is 7.37. The van der Waals surface area contributed by atoms with Crippen LogP contribution in [0.2, 0.25) is 0 Å². The predicted octanol–water partition coefficient (Wildman–Crippen LogP) is 3.95. The molecule has 40 heavy (non-hydrogen) atoms. The lowest BCUT2D eigenvalue weighted by molar-refractivity contribution is 0.0704. The number of nitrogens with zero attached hydrogens (tertiary/aromatic N) is 5. The molecule has 1 aromatic carbocycles. The van der Waals surface area contributed by atoms with E-state index in [9.17, 15) is 14.4 Å². The number of Topliss-reactive ketones (excluding diaryl/α,β-unsaturated/α-hetero) is 1. The van der Waals surface area contributed by atoms with E-state index in [1.165, 1.54) is 17.5 Å². The molecule has 10 heteroatoms. The molecule has 0 unspecified atom stereocenters. The number of amides is 1. The number of piperidine rings is 1. The normalized spacial score (nSPS) is 14.0. The number of anilines is 1. The smallest absolute Gasteiger partial charge is 0.270 e. The number of nitrogens with two attached hydrogens (primary N) is 1. The minimum atomic E-state index is -0.318. The number of nitrogen functional groups attached to an aromatic ring is 1. The molecule has 5 aromatic rings. The minimum Gasteiger partial charge on any atom is -0.383 e. The largest absolute Gasteiger partial charge is 0.383 e. The first-order chi connectivity index (χ1) is 19.4. The maximum absolute atomic E-state index is 12.9. The Labute approximate surface area is 229 Å². The van der Waals surface area contributed by atoms with Gasteiger partial charge in [0.1, 0.15) is 11.5 Å². The number of rotatable bonds is 5. The van der Waals surface area contributed by atoms with Crippen molar-refractivity contribution in [3.63, 3.8) is 0 Å². The van der Waals surface area contributed by atoms with Crippen molar-refractivity contribution < 1.29 is 9.59 Å². The van der Waals surface area contributed by atoms with Crippen molar-refractivity contribution in [2.24, 2.45) is 0 Å². The maximum atomic E-state index is 12.9. The Balaban J connectivity index is 1.32. The monoisotopic (exact) mass is 533 g/mol. The fourth-order valence-corrected chi connectivity index (χ4v) is 5.32. The van der Waals surface area contributed by atoms with Gasteiger partial charge in [0, 0.05) is 48.0 Å². The number of nitrogens with one attached hydrogen (secondary N) is 1. The van der Waals surface area contributed by atoms with Crippen molar-refractivity contribution in [3.05, 3.63) is 100 Å². The molecule has 0 bridgehead atoms. The molecule has 1 saturated heterocycles. The van der Waals surface area contributed by atoms with Gasteiger partial charge in [-0.2, -0.15) is 9.61 Å². The van der Waals surface area contributed by atoms with E-state index < -0.39 is 0 Å². The summed E-state index contributed by atoms with van der Waals surface area (Å²) in [4.78, 5) is 51.2. The molecule has 200 valence electrons. The second kappa shape index (κ2) is 10.2. The van der Waals surface area contributed by atoms with Gasteiger partial charge in [-0.25, -0.2) is 4.98 Å². The highest BCUT2D eigenvalue weighted by Crippen LogP contribution is 2.35. The van der Waals surface area contributed by atoms with E-state index in [4.69, 9.17) is 10.7 Å². The average molecular weight is 534 g/mol. The first-order valence-electron chi connectivity index (χ1n) is 13.1. The fraction of sp³-hybridized carbons (Fsp3) is 0.200. The Morgan fingerprint density at radius 1 is 0.950 bits per heavy atom. The number of carbonyl (C=O) groups excluding carboxylic acids is 2.